The van der Waals surface area contributed by atoms with Gasteiger partial charge in [-0.3, -0.25) is 19.5 Å². The van der Waals surface area contributed by atoms with Crippen molar-refractivity contribution in [2.24, 2.45) is 5.41 Å². The molecular weight excluding hydrogens is 346 g/mol. The van der Waals surface area contributed by atoms with Crippen LogP contribution in [-0.4, -0.2) is 83.5 Å². The molecule has 2 fully saturated rings. The summed E-state index contributed by atoms with van der Waals surface area (Å²) in [7, 11) is 4.02. The third-order valence-electron chi connectivity index (χ3n) is 6.00. The standard InChI is InChI=1S/C19H31N5O3/c1-14-15(18(27)21-20-14)11-17(26)23-8-4-6-19(12-23)7-5-16(25)24(13-19)10-9-22(2)3/h4-13H2,1-3H3,(H2,20,21,27)/t19-/m0/s1. The zero-order valence-electron chi connectivity index (χ0n) is 16.6. The third kappa shape index (κ3) is 4.43. The summed E-state index contributed by atoms with van der Waals surface area (Å²) in [5.74, 6) is 0.222. The van der Waals surface area contributed by atoms with Crippen molar-refractivity contribution in [2.75, 3.05) is 46.8 Å². The van der Waals surface area contributed by atoms with E-state index in [1.807, 2.05) is 23.9 Å². The first kappa shape index (κ1) is 19.7. The van der Waals surface area contributed by atoms with Crippen molar-refractivity contribution in [2.45, 2.75) is 39.0 Å². The lowest BCUT2D eigenvalue weighted by atomic mass is 9.73. The van der Waals surface area contributed by atoms with Crippen LogP contribution in [-0.2, 0) is 16.0 Å². The lowest BCUT2D eigenvalue weighted by molar-refractivity contribution is -0.142. The van der Waals surface area contributed by atoms with Crippen LogP contribution in [0.15, 0.2) is 4.79 Å². The average Bonchev–Trinajstić information content (AvgIpc) is 2.95. The molecule has 2 aliphatic heterocycles. The first-order valence-corrected chi connectivity index (χ1v) is 9.76. The number of amides is 2. The topological polar surface area (TPSA) is 92.5 Å². The van der Waals surface area contributed by atoms with Gasteiger partial charge in [0.25, 0.3) is 5.56 Å². The fourth-order valence-electron chi connectivity index (χ4n) is 4.33. The molecule has 8 nitrogen and oxygen atoms in total. The van der Waals surface area contributed by atoms with Crippen LogP contribution in [0.5, 0.6) is 0 Å². The number of carbonyl (C=O) groups excluding carboxylic acids is 2. The number of likely N-dealkylation sites (N-methyl/N-ethyl adjacent to an activating group) is 1. The fourth-order valence-corrected chi connectivity index (χ4v) is 4.33. The molecule has 1 atom stereocenters. The maximum absolute atomic E-state index is 12.8. The Labute approximate surface area is 159 Å². The quantitative estimate of drug-likeness (QED) is 0.774. The number of nitrogens with zero attached hydrogens (tertiary/aromatic N) is 3. The number of aromatic nitrogens is 2. The summed E-state index contributed by atoms with van der Waals surface area (Å²) < 4.78 is 0. The Bertz CT molecular complexity index is 753. The maximum Gasteiger partial charge on any atom is 0.267 e. The molecule has 2 saturated heterocycles. The highest BCUT2D eigenvalue weighted by Gasteiger charge is 2.42. The van der Waals surface area contributed by atoms with Crippen molar-refractivity contribution in [3.8, 4) is 0 Å². The first-order chi connectivity index (χ1) is 12.8. The molecule has 0 unspecified atom stereocenters. The van der Waals surface area contributed by atoms with Gasteiger partial charge in [0.05, 0.1) is 6.42 Å². The van der Waals surface area contributed by atoms with Crippen molar-refractivity contribution in [1.82, 2.24) is 24.9 Å². The van der Waals surface area contributed by atoms with Crippen molar-refractivity contribution >= 4 is 11.8 Å². The Morgan fingerprint density at radius 3 is 2.63 bits per heavy atom. The monoisotopic (exact) mass is 377 g/mol. The molecule has 1 aromatic heterocycles. The maximum atomic E-state index is 12.8. The van der Waals surface area contributed by atoms with E-state index in [2.05, 4.69) is 15.1 Å². The zero-order chi connectivity index (χ0) is 19.6. The minimum Gasteiger partial charge on any atom is -0.342 e. The van der Waals surface area contributed by atoms with Crippen LogP contribution in [0.25, 0.3) is 0 Å². The van der Waals surface area contributed by atoms with Crippen LogP contribution in [0, 0.1) is 12.3 Å². The Morgan fingerprint density at radius 2 is 1.96 bits per heavy atom. The normalized spacial score (nSPS) is 23.5. The molecule has 2 N–H and O–H groups in total. The number of hydrogen-bond donors (Lipinski definition) is 2. The van der Waals surface area contributed by atoms with Crippen LogP contribution in [0.2, 0.25) is 0 Å². The van der Waals surface area contributed by atoms with Crippen molar-refractivity contribution in [3.05, 3.63) is 21.6 Å². The second kappa shape index (κ2) is 7.88. The molecule has 0 radical (unpaired) electrons. The predicted molar refractivity (Wildman–Crippen MR) is 102 cm³/mol. The van der Waals surface area contributed by atoms with Gasteiger partial charge in [0.2, 0.25) is 11.8 Å². The summed E-state index contributed by atoms with van der Waals surface area (Å²) in [5.41, 5.74) is 1.02. The molecule has 3 heterocycles. The summed E-state index contributed by atoms with van der Waals surface area (Å²) in [5, 5.41) is 5.32. The molecule has 150 valence electrons. The van der Waals surface area contributed by atoms with Crippen molar-refractivity contribution < 1.29 is 9.59 Å². The summed E-state index contributed by atoms with van der Waals surface area (Å²) in [4.78, 5) is 43.0. The van der Waals surface area contributed by atoms with E-state index in [-0.39, 0.29) is 29.2 Å². The number of piperidine rings is 2. The predicted octanol–water partition coefficient (Wildman–Crippen LogP) is 0.347. The highest BCUT2D eigenvalue weighted by Crippen LogP contribution is 2.39. The average molecular weight is 377 g/mol. The van der Waals surface area contributed by atoms with Gasteiger partial charge < -0.3 is 19.8 Å². The van der Waals surface area contributed by atoms with Gasteiger partial charge >= 0.3 is 0 Å². The fraction of sp³-hybridized carbons (Fsp3) is 0.737. The number of likely N-dealkylation sites (tertiary alicyclic amines) is 2. The van der Waals surface area contributed by atoms with Gasteiger partial charge in [-0.05, 0) is 40.3 Å². The van der Waals surface area contributed by atoms with E-state index in [1.165, 1.54) is 0 Å². The van der Waals surface area contributed by atoms with E-state index < -0.39 is 0 Å². The Kier molecular flexibility index (Phi) is 5.74. The Hall–Kier alpha value is -2.09. The number of aromatic amines is 2. The minimum atomic E-state index is -0.217. The lowest BCUT2D eigenvalue weighted by Gasteiger charge is -2.48. The number of carbonyl (C=O) groups is 2. The molecule has 8 heteroatoms. The largest absolute Gasteiger partial charge is 0.342 e. The van der Waals surface area contributed by atoms with Crippen LogP contribution < -0.4 is 5.56 Å². The Balaban J connectivity index is 1.66. The molecule has 2 aliphatic rings. The first-order valence-electron chi connectivity index (χ1n) is 9.76. The van der Waals surface area contributed by atoms with Crippen LogP contribution in [0.4, 0.5) is 0 Å². The van der Waals surface area contributed by atoms with Gasteiger partial charge in [0, 0.05) is 55.8 Å². The molecule has 2 amide bonds. The van der Waals surface area contributed by atoms with E-state index in [1.54, 1.807) is 6.92 Å². The zero-order valence-corrected chi connectivity index (χ0v) is 16.6. The van der Waals surface area contributed by atoms with Gasteiger partial charge in [-0.2, -0.15) is 0 Å². The summed E-state index contributed by atoms with van der Waals surface area (Å²) in [6.45, 7) is 5.52. The molecule has 0 saturated carbocycles. The summed E-state index contributed by atoms with van der Waals surface area (Å²) in [6.07, 6.45) is 3.53. The molecule has 3 rings (SSSR count). The molecule has 1 aromatic rings. The van der Waals surface area contributed by atoms with E-state index in [9.17, 15) is 14.4 Å². The van der Waals surface area contributed by atoms with E-state index in [0.29, 0.717) is 18.5 Å². The van der Waals surface area contributed by atoms with Gasteiger partial charge in [0.1, 0.15) is 0 Å². The van der Waals surface area contributed by atoms with Gasteiger partial charge in [0.15, 0.2) is 0 Å². The second-order valence-electron chi connectivity index (χ2n) is 8.40. The van der Waals surface area contributed by atoms with Crippen molar-refractivity contribution in [3.63, 3.8) is 0 Å². The highest BCUT2D eigenvalue weighted by atomic mass is 16.2. The number of H-pyrrole nitrogens is 2. The van der Waals surface area contributed by atoms with Gasteiger partial charge in [-0.25, -0.2) is 0 Å². The lowest BCUT2D eigenvalue weighted by Crippen LogP contribution is -2.56. The van der Waals surface area contributed by atoms with E-state index in [0.717, 1.165) is 51.1 Å². The highest BCUT2D eigenvalue weighted by molar-refractivity contribution is 5.79. The molecule has 0 aromatic carbocycles. The summed E-state index contributed by atoms with van der Waals surface area (Å²) >= 11 is 0. The number of hydrogen-bond acceptors (Lipinski definition) is 4. The van der Waals surface area contributed by atoms with Crippen molar-refractivity contribution in [1.29, 1.82) is 0 Å². The molecular formula is C19H31N5O3. The van der Waals surface area contributed by atoms with Crippen LogP contribution in [0.3, 0.4) is 0 Å². The Morgan fingerprint density at radius 1 is 1.19 bits per heavy atom. The number of rotatable bonds is 5. The molecule has 1 spiro atoms. The minimum absolute atomic E-state index is 0.000911. The molecule has 27 heavy (non-hydrogen) atoms. The molecule has 0 bridgehead atoms. The van der Waals surface area contributed by atoms with E-state index in [4.69, 9.17) is 0 Å². The number of nitrogens with one attached hydrogen (secondary N) is 2. The second-order valence-corrected chi connectivity index (χ2v) is 8.40. The molecule has 0 aliphatic carbocycles. The third-order valence-corrected chi connectivity index (χ3v) is 6.00. The van der Waals surface area contributed by atoms with Gasteiger partial charge in [-0.1, -0.05) is 0 Å². The smallest absolute Gasteiger partial charge is 0.267 e. The summed E-state index contributed by atoms with van der Waals surface area (Å²) in [6, 6.07) is 0. The van der Waals surface area contributed by atoms with Gasteiger partial charge in [-0.15, -0.1) is 0 Å². The van der Waals surface area contributed by atoms with Crippen LogP contribution in [0.1, 0.15) is 36.9 Å². The SMILES string of the molecule is Cc1[nH][nH]c(=O)c1CC(=O)N1CCC[C@]2(CCC(=O)N(CCN(C)C)C2)C1. The van der Waals surface area contributed by atoms with Crippen LogP contribution >= 0.6 is 0 Å². The van der Waals surface area contributed by atoms with E-state index >= 15 is 0 Å². The number of aryl methyl sites for hydroxylation is 1.